The van der Waals surface area contributed by atoms with E-state index >= 15 is 0 Å². The van der Waals surface area contributed by atoms with E-state index in [0.717, 1.165) is 91.3 Å². The van der Waals surface area contributed by atoms with Crippen LogP contribution in [0, 0.1) is 62.3 Å². The molecule has 64 heavy (non-hydrogen) atoms. The molecule has 320 valence electrons. The number of aromatic amines is 2. The lowest BCUT2D eigenvalue weighted by Crippen LogP contribution is -1.96. The number of rotatable bonds is 8. The number of hydrogen-bond donors (Lipinski definition) is 2. The second-order valence-corrected chi connectivity index (χ2v) is 19.2. The van der Waals surface area contributed by atoms with Crippen LogP contribution >= 0.6 is 11.8 Å². The first kappa shape index (κ1) is 42.8. The Bertz CT molecular complexity index is 3160. The standard InChI is InChI=1S/C58H56N4OS/c1-32-26-35(4)52(36(5)27-32)56-46-19-17-44(59-46)55(43-15-13-42(14-16-43)12-11-25-64-41(10)63)45-18-20-47(60-45)57(53-37(6)28-33(2)29-38(53)7)49-22-24-51(62-49)58(50-23-21-48(56)61-50)54-39(8)30-34(3)31-40(54)9/h13-24,26-31,59,62H,11-12,25H2,1-10H3. The van der Waals surface area contributed by atoms with Gasteiger partial charge < -0.3 is 9.97 Å². The van der Waals surface area contributed by atoms with Gasteiger partial charge in [0, 0.05) is 57.0 Å². The fourth-order valence-corrected chi connectivity index (χ4v) is 10.9. The topological polar surface area (TPSA) is 74.4 Å². The monoisotopic (exact) mass is 856 g/mol. The zero-order chi connectivity index (χ0) is 45.0. The highest BCUT2D eigenvalue weighted by atomic mass is 32.2. The molecule has 0 spiro atoms. The van der Waals surface area contributed by atoms with Crippen molar-refractivity contribution < 1.29 is 4.79 Å². The van der Waals surface area contributed by atoms with Crippen LogP contribution in [-0.4, -0.2) is 30.8 Å². The second kappa shape index (κ2) is 17.2. The maximum Gasteiger partial charge on any atom is 0.185 e. The average molecular weight is 857 g/mol. The Hall–Kier alpha value is -6.50. The number of nitrogens with one attached hydrogen (secondary N) is 2. The van der Waals surface area contributed by atoms with E-state index in [4.69, 9.17) is 9.97 Å². The van der Waals surface area contributed by atoms with Crippen LogP contribution in [0.25, 0.3) is 90.9 Å². The van der Waals surface area contributed by atoms with Crippen molar-refractivity contribution in [2.45, 2.75) is 82.1 Å². The summed E-state index contributed by atoms with van der Waals surface area (Å²) in [6.45, 7) is 21.4. The predicted molar refractivity (Wildman–Crippen MR) is 275 cm³/mol. The van der Waals surface area contributed by atoms with Crippen molar-refractivity contribution in [3.63, 3.8) is 0 Å². The van der Waals surface area contributed by atoms with Crippen LogP contribution in [0.2, 0.25) is 0 Å². The van der Waals surface area contributed by atoms with Crippen molar-refractivity contribution in [3.05, 3.63) is 163 Å². The number of thioether (sulfide) groups is 1. The molecule has 0 radical (unpaired) electrons. The Morgan fingerprint density at radius 3 is 1.12 bits per heavy atom. The molecule has 0 aliphatic carbocycles. The number of hydrogen-bond acceptors (Lipinski definition) is 4. The van der Waals surface area contributed by atoms with Gasteiger partial charge in [-0.2, -0.15) is 0 Å². The molecule has 0 unspecified atom stereocenters. The lowest BCUT2D eigenvalue weighted by atomic mass is 9.92. The third kappa shape index (κ3) is 8.12. The first-order valence-electron chi connectivity index (χ1n) is 22.4. The van der Waals surface area contributed by atoms with E-state index < -0.39 is 0 Å². The van der Waals surface area contributed by atoms with Crippen molar-refractivity contribution >= 4 is 63.2 Å². The van der Waals surface area contributed by atoms with E-state index in [1.807, 2.05) is 0 Å². The summed E-state index contributed by atoms with van der Waals surface area (Å²) in [5, 5.41) is 0.168. The van der Waals surface area contributed by atoms with Gasteiger partial charge in [-0.05, 0) is 185 Å². The molecule has 5 nitrogen and oxygen atoms in total. The molecule has 3 aromatic heterocycles. The molecule has 4 aromatic carbocycles. The fraction of sp³-hybridized carbons (Fsp3) is 0.224. The van der Waals surface area contributed by atoms with E-state index in [1.165, 1.54) is 84.1 Å². The Morgan fingerprint density at radius 2 is 0.781 bits per heavy atom. The molecular weight excluding hydrogens is 801 g/mol. The highest BCUT2D eigenvalue weighted by Crippen LogP contribution is 2.42. The summed E-state index contributed by atoms with van der Waals surface area (Å²) in [5.41, 5.74) is 28.7. The number of carbonyl (C=O) groups excluding carboxylic acids is 1. The van der Waals surface area contributed by atoms with E-state index in [0.29, 0.717) is 0 Å². The summed E-state index contributed by atoms with van der Waals surface area (Å²) >= 11 is 1.40. The van der Waals surface area contributed by atoms with Crippen molar-refractivity contribution in [1.29, 1.82) is 0 Å². The van der Waals surface area contributed by atoms with Gasteiger partial charge >= 0.3 is 0 Å². The Labute approximate surface area is 381 Å². The van der Waals surface area contributed by atoms with Gasteiger partial charge in [0.15, 0.2) is 5.12 Å². The van der Waals surface area contributed by atoms with Gasteiger partial charge in [-0.25, -0.2) is 9.97 Å². The molecule has 0 fully saturated rings. The average Bonchev–Trinajstić information content (AvgIpc) is 4.07. The number of nitrogens with zero attached hydrogens (tertiary/aromatic N) is 2. The molecule has 9 rings (SSSR count). The predicted octanol–water partition coefficient (Wildman–Crippen LogP) is 15.3. The minimum absolute atomic E-state index is 0.168. The summed E-state index contributed by atoms with van der Waals surface area (Å²) in [6.07, 6.45) is 10.6. The lowest BCUT2D eigenvalue weighted by molar-refractivity contribution is -0.109. The second-order valence-electron chi connectivity index (χ2n) is 18.0. The normalized spacial score (nSPS) is 12.1. The number of H-pyrrole nitrogens is 2. The Kier molecular flexibility index (Phi) is 11.5. The summed E-state index contributed by atoms with van der Waals surface area (Å²) < 4.78 is 0. The number of fused-ring (bicyclic) bond motifs is 8. The van der Waals surface area contributed by atoms with Crippen LogP contribution in [0.5, 0.6) is 0 Å². The first-order valence-corrected chi connectivity index (χ1v) is 23.4. The van der Waals surface area contributed by atoms with Crippen LogP contribution in [0.15, 0.2) is 84.9 Å². The zero-order valence-corrected chi connectivity index (χ0v) is 39.5. The minimum Gasteiger partial charge on any atom is -0.354 e. The zero-order valence-electron chi connectivity index (χ0n) is 38.7. The van der Waals surface area contributed by atoms with Gasteiger partial charge in [0.2, 0.25) is 0 Å². The van der Waals surface area contributed by atoms with Crippen LogP contribution in [0.4, 0.5) is 0 Å². The number of aromatic nitrogens is 4. The molecule has 5 heterocycles. The van der Waals surface area contributed by atoms with Crippen LogP contribution in [0.3, 0.4) is 0 Å². The highest BCUT2D eigenvalue weighted by Gasteiger charge is 2.22. The van der Waals surface area contributed by atoms with Crippen molar-refractivity contribution in [2.75, 3.05) is 5.75 Å². The third-order valence-electron chi connectivity index (χ3n) is 12.7. The molecule has 0 saturated heterocycles. The van der Waals surface area contributed by atoms with Gasteiger partial charge in [-0.1, -0.05) is 89.1 Å². The molecule has 7 aromatic rings. The smallest absolute Gasteiger partial charge is 0.185 e. The van der Waals surface area contributed by atoms with E-state index in [2.05, 4.69) is 182 Å². The van der Waals surface area contributed by atoms with Crippen molar-refractivity contribution in [1.82, 2.24) is 19.9 Å². The van der Waals surface area contributed by atoms with E-state index in [9.17, 15) is 4.79 Å². The highest BCUT2D eigenvalue weighted by molar-refractivity contribution is 8.13. The molecule has 2 aliphatic rings. The maximum atomic E-state index is 11.6. The fourth-order valence-electron chi connectivity index (χ4n) is 10.4. The molecule has 0 saturated carbocycles. The molecule has 8 bridgehead atoms. The van der Waals surface area contributed by atoms with E-state index in [1.54, 1.807) is 6.92 Å². The van der Waals surface area contributed by atoms with Gasteiger partial charge in [0.05, 0.1) is 22.8 Å². The Balaban J connectivity index is 1.43. The lowest BCUT2D eigenvalue weighted by Gasteiger charge is -2.14. The molecule has 2 aliphatic heterocycles. The summed E-state index contributed by atoms with van der Waals surface area (Å²) in [6, 6.07) is 31.4. The quantitative estimate of drug-likeness (QED) is 0.149. The minimum atomic E-state index is 0.168. The summed E-state index contributed by atoms with van der Waals surface area (Å²) in [5.74, 6) is 0.823. The molecule has 6 heteroatoms. The van der Waals surface area contributed by atoms with E-state index in [-0.39, 0.29) is 5.12 Å². The van der Waals surface area contributed by atoms with Crippen molar-refractivity contribution in [3.8, 4) is 44.5 Å². The van der Waals surface area contributed by atoms with Gasteiger partial charge in [-0.15, -0.1) is 0 Å². The number of carbonyl (C=O) groups is 1. The molecule has 0 atom stereocenters. The molecule has 0 amide bonds. The third-order valence-corrected chi connectivity index (χ3v) is 13.6. The van der Waals surface area contributed by atoms with Crippen LogP contribution in [-0.2, 0) is 11.2 Å². The van der Waals surface area contributed by atoms with Crippen LogP contribution in [0.1, 0.15) is 91.8 Å². The molecular formula is C58H56N4OS. The SMILES string of the molecule is CC(=O)SCCCc1ccc(-c2c3nc(c(-c4c(C)cc(C)cc4C)c4ccc([nH]4)c(-c4c(C)cc(C)cc4C)c4nc(c(-c5c(C)cc(C)cc5C)c5ccc2[nH]5)C=C4)C=C3)cc1. The van der Waals surface area contributed by atoms with Crippen molar-refractivity contribution in [2.24, 2.45) is 0 Å². The summed E-state index contributed by atoms with van der Waals surface area (Å²) in [4.78, 5) is 30.7. The van der Waals surface area contributed by atoms with Gasteiger partial charge in [0.25, 0.3) is 0 Å². The Morgan fingerprint density at radius 1 is 0.453 bits per heavy atom. The number of benzene rings is 4. The first-order chi connectivity index (χ1) is 30.7. The maximum absolute atomic E-state index is 11.6. The van der Waals surface area contributed by atoms with Gasteiger partial charge in [-0.3, -0.25) is 4.79 Å². The number of aryl methyl sites for hydroxylation is 10. The van der Waals surface area contributed by atoms with Crippen LogP contribution < -0.4 is 0 Å². The summed E-state index contributed by atoms with van der Waals surface area (Å²) in [7, 11) is 0. The van der Waals surface area contributed by atoms with Gasteiger partial charge in [0.1, 0.15) is 0 Å². The largest absolute Gasteiger partial charge is 0.354 e. The molecule has 2 N–H and O–H groups in total.